The minimum Gasteiger partial charge on any atom is -0.468 e. The molecule has 6 heteroatoms. The molecule has 3 nitrogen and oxygen atoms in total. The molecule has 94 valence electrons. The predicted molar refractivity (Wildman–Crippen MR) is 72.5 cm³/mol. The summed E-state index contributed by atoms with van der Waals surface area (Å²) in [5.74, 6) is 0.442. The van der Waals surface area contributed by atoms with Crippen molar-refractivity contribution in [3.8, 4) is 0 Å². The zero-order valence-electron chi connectivity index (χ0n) is 9.33. The van der Waals surface area contributed by atoms with E-state index in [4.69, 9.17) is 16.3 Å². The van der Waals surface area contributed by atoms with Crippen LogP contribution >= 0.6 is 38.9 Å². The summed E-state index contributed by atoms with van der Waals surface area (Å²) in [6, 6.07) is 1.46. The lowest BCUT2D eigenvalue weighted by Gasteiger charge is -2.14. The number of halogens is 2. The molecule has 1 aliphatic carbocycles. The third kappa shape index (κ3) is 3.44. The van der Waals surface area contributed by atoms with Gasteiger partial charge in [0.15, 0.2) is 0 Å². The first-order chi connectivity index (χ1) is 8.11. The van der Waals surface area contributed by atoms with Crippen LogP contribution in [-0.2, 0) is 9.53 Å². The predicted octanol–water partition coefficient (Wildman–Crippen LogP) is 3.38. The number of rotatable bonds is 5. The minimum atomic E-state index is -0.408. The number of methoxy groups -OCH3 is 1. The molecule has 1 aromatic heterocycles. The van der Waals surface area contributed by atoms with Crippen molar-refractivity contribution in [2.24, 2.45) is 5.92 Å². The first kappa shape index (κ1) is 13.3. The van der Waals surface area contributed by atoms with Gasteiger partial charge in [-0.1, -0.05) is 11.6 Å². The van der Waals surface area contributed by atoms with Crippen LogP contribution in [-0.4, -0.2) is 19.6 Å². The lowest BCUT2D eigenvalue weighted by molar-refractivity contribution is -0.143. The Morgan fingerprint density at radius 1 is 1.76 bits per heavy atom. The molecular weight excluding hydrogens is 326 g/mol. The van der Waals surface area contributed by atoms with E-state index in [2.05, 4.69) is 21.2 Å². The smallest absolute Gasteiger partial charge is 0.328 e. The van der Waals surface area contributed by atoms with Crippen molar-refractivity contribution >= 4 is 44.8 Å². The second-order valence-electron chi connectivity index (χ2n) is 4.08. The molecule has 1 heterocycles. The van der Waals surface area contributed by atoms with Crippen LogP contribution in [0.2, 0.25) is 4.34 Å². The van der Waals surface area contributed by atoms with Crippen LogP contribution in [0, 0.1) is 5.92 Å². The second-order valence-corrected chi connectivity index (χ2v) is 6.62. The van der Waals surface area contributed by atoms with Crippen molar-refractivity contribution in [1.82, 2.24) is 5.32 Å². The highest BCUT2D eigenvalue weighted by atomic mass is 79.9. The van der Waals surface area contributed by atoms with E-state index in [0.29, 0.717) is 10.3 Å². The average molecular weight is 339 g/mol. The van der Waals surface area contributed by atoms with Crippen LogP contribution in [0.4, 0.5) is 0 Å². The van der Waals surface area contributed by atoms with Crippen molar-refractivity contribution in [2.75, 3.05) is 13.7 Å². The lowest BCUT2D eigenvalue weighted by atomic mass is 10.2. The maximum atomic E-state index is 11.7. The van der Waals surface area contributed by atoms with Crippen LogP contribution < -0.4 is 5.32 Å². The fraction of sp³-hybridized carbons (Fsp3) is 0.545. The topological polar surface area (TPSA) is 38.3 Å². The summed E-state index contributed by atoms with van der Waals surface area (Å²) in [5, 5.41) is 3.25. The van der Waals surface area contributed by atoms with Gasteiger partial charge in [-0.05, 0) is 47.3 Å². The molecule has 1 aromatic rings. The van der Waals surface area contributed by atoms with Crippen LogP contribution in [0.25, 0.3) is 0 Å². The van der Waals surface area contributed by atoms with Crippen molar-refractivity contribution < 1.29 is 9.53 Å². The highest BCUT2D eigenvalue weighted by Gasteiger charge is 2.28. The Morgan fingerprint density at radius 2 is 2.47 bits per heavy atom. The van der Waals surface area contributed by atoms with Gasteiger partial charge in [-0.15, -0.1) is 11.3 Å². The van der Waals surface area contributed by atoms with Gasteiger partial charge < -0.3 is 4.74 Å². The van der Waals surface area contributed by atoms with Gasteiger partial charge in [-0.3, -0.25) is 5.32 Å². The minimum absolute atomic E-state index is 0.268. The molecule has 17 heavy (non-hydrogen) atoms. The van der Waals surface area contributed by atoms with Gasteiger partial charge in [0.2, 0.25) is 0 Å². The molecule has 1 fully saturated rings. The van der Waals surface area contributed by atoms with Crippen molar-refractivity contribution in [2.45, 2.75) is 18.9 Å². The highest BCUT2D eigenvalue weighted by Crippen LogP contribution is 2.36. The number of thiophene rings is 1. The summed E-state index contributed by atoms with van der Waals surface area (Å²) < 4.78 is 6.29. The summed E-state index contributed by atoms with van der Waals surface area (Å²) in [5.41, 5.74) is 0. The Kier molecular flexibility index (Phi) is 4.47. The van der Waals surface area contributed by atoms with E-state index < -0.39 is 6.04 Å². The Morgan fingerprint density at radius 3 is 2.94 bits per heavy atom. The second kappa shape index (κ2) is 5.69. The van der Waals surface area contributed by atoms with Crippen LogP contribution in [0.1, 0.15) is 23.8 Å². The fourth-order valence-corrected chi connectivity index (χ4v) is 3.33. The number of hydrogen-bond donors (Lipinski definition) is 1. The Labute approximate surface area is 118 Å². The standard InChI is InChI=1S/C11H13BrClNO2S/c1-16-11(15)9(14-5-6-2-3-6)8-4-7(12)10(13)17-8/h4,6,9,14H,2-3,5H2,1H3. The highest BCUT2D eigenvalue weighted by molar-refractivity contribution is 9.10. The summed E-state index contributed by atoms with van der Waals surface area (Å²) in [6.45, 7) is 0.854. The first-order valence-corrected chi connectivity index (χ1v) is 7.36. The summed E-state index contributed by atoms with van der Waals surface area (Å²) in [7, 11) is 1.40. The third-order valence-corrected chi connectivity index (χ3v) is 5.23. The molecule has 2 rings (SSSR count). The Bertz CT molecular complexity index is 400. The number of carbonyl (C=O) groups excluding carboxylic acids is 1. The zero-order chi connectivity index (χ0) is 12.4. The molecular formula is C11H13BrClNO2S. The van der Waals surface area contributed by atoms with Gasteiger partial charge in [0.25, 0.3) is 0 Å². The quantitative estimate of drug-likeness (QED) is 0.837. The maximum Gasteiger partial charge on any atom is 0.328 e. The summed E-state index contributed by atoms with van der Waals surface area (Å²) >= 11 is 10.7. The van der Waals surface area contributed by atoms with E-state index >= 15 is 0 Å². The molecule has 0 aromatic carbocycles. The molecule has 0 spiro atoms. The van der Waals surface area contributed by atoms with E-state index in [1.165, 1.54) is 31.3 Å². The first-order valence-electron chi connectivity index (χ1n) is 5.37. The lowest BCUT2D eigenvalue weighted by Crippen LogP contribution is -2.30. The molecule has 0 saturated heterocycles. The molecule has 0 bridgehead atoms. The monoisotopic (exact) mass is 337 g/mol. The molecule has 0 aliphatic heterocycles. The Hall–Kier alpha value is -0.100. The molecule has 0 radical (unpaired) electrons. The third-order valence-electron chi connectivity index (χ3n) is 2.69. The van der Waals surface area contributed by atoms with Crippen molar-refractivity contribution in [1.29, 1.82) is 0 Å². The maximum absolute atomic E-state index is 11.7. The molecule has 1 atom stereocenters. The summed E-state index contributed by atoms with van der Waals surface area (Å²) in [4.78, 5) is 12.6. The van der Waals surface area contributed by atoms with Crippen molar-refractivity contribution in [3.05, 3.63) is 19.8 Å². The summed E-state index contributed by atoms with van der Waals surface area (Å²) in [6.07, 6.45) is 2.49. The van der Waals surface area contributed by atoms with Gasteiger partial charge >= 0.3 is 5.97 Å². The van der Waals surface area contributed by atoms with Crippen molar-refractivity contribution in [3.63, 3.8) is 0 Å². The van der Waals surface area contributed by atoms with E-state index in [9.17, 15) is 4.79 Å². The van der Waals surface area contributed by atoms with E-state index in [1.807, 2.05) is 6.07 Å². The van der Waals surface area contributed by atoms with E-state index in [0.717, 1.165) is 15.9 Å². The Balaban J connectivity index is 2.09. The molecule has 1 saturated carbocycles. The number of nitrogens with one attached hydrogen (secondary N) is 1. The van der Waals surface area contributed by atoms with Gasteiger partial charge in [0.1, 0.15) is 10.4 Å². The van der Waals surface area contributed by atoms with Crippen LogP contribution in [0.3, 0.4) is 0 Å². The number of esters is 1. The van der Waals surface area contributed by atoms with Gasteiger partial charge in [-0.2, -0.15) is 0 Å². The molecule has 0 amide bonds. The van der Waals surface area contributed by atoms with E-state index in [-0.39, 0.29) is 5.97 Å². The molecule has 1 N–H and O–H groups in total. The zero-order valence-corrected chi connectivity index (χ0v) is 12.5. The SMILES string of the molecule is COC(=O)C(NCC1CC1)c1cc(Br)c(Cl)s1. The number of carbonyl (C=O) groups is 1. The van der Waals surface area contributed by atoms with Gasteiger partial charge in [-0.25, -0.2) is 4.79 Å². The number of hydrogen-bond acceptors (Lipinski definition) is 4. The van der Waals surface area contributed by atoms with Gasteiger partial charge in [0.05, 0.1) is 7.11 Å². The largest absolute Gasteiger partial charge is 0.468 e. The van der Waals surface area contributed by atoms with Crippen LogP contribution in [0.5, 0.6) is 0 Å². The number of ether oxygens (including phenoxy) is 1. The molecule has 1 aliphatic rings. The van der Waals surface area contributed by atoms with Crippen LogP contribution in [0.15, 0.2) is 10.5 Å². The normalized spacial score (nSPS) is 16.9. The average Bonchev–Trinajstić information content (AvgIpc) is 3.06. The molecule has 1 unspecified atom stereocenters. The van der Waals surface area contributed by atoms with Gasteiger partial charge in [0, 0.05) is 9.35 Å². The van der Waals surface area contributed by atoms with E-state index in [1.54, 1.807) is 0 Å². The fourth-order valence-electron chi connectivity index (χ4n) is 1.53.